The molecule has 4 unspecified atom stereocenters. The first-order valence-corrected chi connectivity index (χ1v) is 19.9. The number of hydrogen-bond acceptors (Lipinski definition) is 11. The molecule has 2 aliphatic rings. The van der Waals surface area contributed by atoms with Crippen molar-refractivity contribution in [2.24, 2.45) is 4.99 Å². The minimum Gasteiger partial charge on any atom is -0.489 e. The fraction of sp³-hybridized carbons (Fsp3) is 0.303. The van der Waals surface area contributed by atoms with Crippen LogP contribution in [0.5, 0.6) is 5.75 Å². The third kappa shape index (κ3) is 8.36. The van der Waals surface area contributed by atoms with Gasteiger partial charge in [-0.2, -0.15) is 0 Å². The zero-order valence-corrected chi connectivity index (χ0v) is 29.4. The molecule has 0 N–H and O–H groups in total. The minimum absolute atomic E-state index is 0.00468. The Morgan fingerprint density at radius 3 is 2.29 bits per heavy atom. The molecule has 1 fully saturated rings. The number of β-lactam (4-membered cyclic amide) rings is 1. The Morgan fingerprint density at radius 2 is 1.67 bits per heavy atom. The van der Waals surface area contributed by atoms with Gasteiger partial charge in [0.15, 0.2) is 20.4 Å². The maximum absolute atomic E-state index is 13.4. The number of fused-ring (bicyclic) bond motifs is 1. The highest BCUT2D eigenvalue weighted by molar-refractivity contribution is 8.15. The summed E-state index contributed by atoms with van der Waals surface area (Å²) in [5, 5.41) is 22.1. The number of carbonyl (C=O) groups is 2. The molecule has 3 aromatic rings. The standard InChI is InChI=1S/C33H33ClN4O9SSi/c1-20(17-34)28(33(40)46-19-22-6-5-7-25(16-22)38(43)44)36-31(39)27-32(36)48-30(35-27)29(47-49(2,3)4)23-10-14-26(15-11-23)45-18-21-8-12-24(13-9-21)37(41)42/h5-16,27-29,32H,1,17-19H2,2-4H3. The Hall–Kier alpha value is -4.57. The van der Waals surface area contributed by atoms with Gasteiger partial charge in [-0.15, -0.1) is 11.6 Å². The van der Waals surface area contributed by atoms with E-state index in [0.29, 0.717) is 16.4 Å². The SMILES string of the molecule is C=C(CCl)C(C(=O)OCc1cccc([N+](=O)[O-])c1)N1C(=O)C2N=C(C(O[Si](C)(C)C)c3ccc(OCc4ccc([N+](=O)[O-])cc4)cc3)SC21. The Bertz CT molecular complexity index is 1800. The van der Waals surface area contributed by atoms with Crippen LogP contribution in [0.2, 0.25) is 19.6 Å². The third-order valence-electron chi connectivity index (χ3n) is 7.55. The lowest BCUT2D eigenvalue weighted by Crippen LogP contribution is -2.66. The molecule has 1 saturated heterocycles. The molecule has 13 nitrogen and oxygen atoms in total. The Morgan fingerprint density at radius 1 is 1.00 bits per heavy atom. The summed E-state index contributed by atoms with van der Waals surface area (Å²) in [4.78, 5) is 54.0. The Labute approximate surface area is 292 Å². The summed E-state index contributed by atoms with van der Waals surface area (Å²) in [6.07, 6.45) is -0.573. The van der Waals surface area contributed by atoms with Crippen LogP contribution in [0.1, 0.15) is 22.8 Å². The predicted molar refractivity (Wildman–Crippen MR) is 187 cm³/mol. The number of aliphatic imine (C=N–C) groups is 1. The van der Waals surface area contributed by atoms with Gasteiger partial charge in [-0.05, 0) is 66.2 Å². The zero-order valence-electron chi connectivity index (χ0n) is 26.8. The first-order chi connectivity index (χ1) is 23.3. The van der Waals surface area contributed by atoms with Crippen molar-refractivity contribution >= 4 is 60.0 Å². The monoisotopic (exact) mass is 724 g/mol. The van der Waals surface area contributed by atoms with E-state index in [1.165, 1.54) is 47.0 Å². The molecular formula is C33H33ClN4O9SSi. The molecule has 1 amide bonds. The second-order valence-corrected chi connectivity index (χ2v) is 18.2. The number of rotatable bonds is 15. The number of ether oxygens (including phenoxy) is 2. The van der Waals surface area contributed by atoms with Gasteiger partial charge in [0.05, 0.1) is 9.85 Å². The number of halogens is 1. The van der Waals surface area contributed by atoms with Crippen LogP contribution in [-0.4, -0.2) is 63.3 Å². The highest BCUT2D eigenvalue weighted by Crippen LogP contribution is 2.46. The fourth-order valence-corrected chi connectivity index (χ4v) is 7.74. The van der Waals surface area contributed by atoms with Crippen molar-refractivity contribution in [3.05, 3.63) is 122 Å². The molecule has 0 spiro atoms. The molecule has 49 heavy (non-hydrogen) atoms. The van der Waals surface area contributed by atoms with E-state index in [1.54, 1.807) is 30.3 Å². The quantitative estimate of drug-likeness (QED) is 0.0319. The van der Waals surface area contributed by atoms with Crippen LogP contribution in [0, 0.1) is 20.2 Å². The average molecular weight is 725 g/mol. The van der Waals surface area contributed by atoms with Crippen molar-refractivity contribution in [1.29, 1.82) is 0 Å². The van der Waals surface area contributed by atoms with Gasteiger partial charge in [0.25, 0.3) is 17.3 Å². The van der Waals surface area contributed by atoms with E-state index in [2.05, 4.69) is 6.58 Å². The number of nitro benzene ring substituents is 2. The van der Waals surface area contributed by atoms with E-state index in [0.717, 1.165) is 11.1 Å². The normalized spacial score (nSPS) is 18.1. The number of likely N-dealkylation sites (tertiary alicyclic amines) is 1. The van der Waals surface area contributed by atoms with E-state index < -0.39 is 47.7 Å². The molecule has 256 valence electrons. The van der Waals surface area contributed by atoms with Gasteiger partial charge in [0.2, 0.25) is 0 Å². The number of nitro groups is 2. The van der Waals surface area contributed by atoms with E-state index in [-0.39, 0.29) is 41.9 Å². The summed E-state index contributed by atoms with van der Waals surface area (Å²) in [6.45, 7) is 10.0. The number of non-ortho nitro benzene ring substituents is 2. The van der Waals surface area contributed by atoms with Crippen molar-refractivity contribution in [2.75, 3.05) is 5.88 Å². The lowest BCUT2D eigenvalue weighted by molar-refractivity contribution is -0.385. The highest BCUT2D eigenvalue weighted by Gasteiger charge is 2.57. The Balaban J connectivity index is 1.28. The van der Waals surface area contributed by atoms with Crippen molar-refractivity contribution in [3.63, 3.8) is 0 Å². The maximum Gasteiger partial charge on any atom is 0.333 e. The van der Waals surface area contributed by atoms with Gasteiger partial charge in [-0.25, -0.2) is 4.79 Å². The van der Waals surface area contributed by atoms with Gasteiger partial charge in [-0.1, -0.05) is 42.6 Å². The summed E-state index contributed by atoms with van der Waals surface area (Å²) in [6, 6.07) is 17.3. The molecule has 2 heterocycles. The molecule has 3 aromatic carbocycles. The van der Waals surface area contributed by atoms with Crippen molar-refractivity contribution in [2.45, 2.75) is 56.4 Å². The van der Waals surface area contributed by atoms with E-state index >= 15 is 0 Å². The first kappa shape index (κ1) is 35.7. The number of benzene rings is 3. The number of esters is 1. The van der Waals surface area contributed by atoms with E-state index in [9.17, 15) is 29.8 Å². The zero-order chi connectivity index (χ0) is 35.5. The molecule has 0 aromatic heterocycles. The van der Waals surface area contributed by atoms with Crippen LogP contribution in [0.15, 0.2) is 89.9 Å². The van der Waals surface area contributed by atoms with E-state index in [4.69, 9.17) is 30.5 Å². The van der Waals surface area contributed by atoms with Crippen molar-refractivity contribution < 1.29 is 33.3 Å². The topological polar surface area (TPSA) is 164 Å². The van der Waals surface area contributed by atoms with Gasteiger partial charge >= 0.3 is 5.97 Å². The van der Waals surface area contributed by atoms with Gasteiger partial charge in [0, 0.05) is 30.1 Å². The van der Waals surface area contributed by atoms with Crippen LogP contribution in [0.4, 0.5) is 11.4 Å². The molecule has 16 heteroatoms. The highest BCUT2D eigenvalue weighted by atomic mass is 35.5. The molecule has 0 radical (unpaired) electrons. The maximum atomic E-state index is 13.4. The van der Waals surface area contributed by atoms with Gasteiger partial charge in [-0.3, -0.25) is 30.0 Å². The number of hydrogen-bond donors (Lipinski definition) is 0. The molecule has 4 atom stereocenters. The van der Waals surface area contributed by atoms with Crippen LogP contribution >= 0.6 is 23.4 Å². The molecule has 0 aliphatic carbocycles. The number of thioether (sulfide) groups is 1. The average Bonchev–Trinajstić information content (AvgIpc) is 3.47. The van der Waals surface area contributed by atoms with Gasteiger partial charge in [0.1, 0.15) is 35.5 Å². The van der Waals surface area contributed by atoms with Crippen LogP contribution < -0.4 is 4.74 Å². The smallest absolute Gasteiger partial charge is 0.333 e. The summed E-state index contributed by atoms with van der Waals surface area (Å²) in [5.41, 5.74) is 2.13. The lowest BCUT2D eigenvalue weighted by Gasteiger charge is -2.45. The number of carbonyl (C=O) groups excluding carboxylic acids is 2. The predicted octanol–water partition coefficient (Wildman–Crippen LogP) is 6.56. The fourth-order valence-electron chi connectivity index (χ4n) is 5.18. The summed E-state index contributed by atoms with van der Waals surface area (Å²) >= 11 is 7.42. The van der Waals surface area contributed by atoms with Crippen LogP contribution in [-0.2, 0) is 32.0 Å². The number of amides is 1. The summed E-state index contributed by atoms with van der Waals surface area (Å²) in [7, 11) is -2.15. The summed E-state index contributed by atoms with van der Waals surface area (Å²) < 4.78 is 18.0. The molecular weight excluding hydrogens is 692 g/mol. The lowest BCUT2D eigenvalue weighted by atomic mass is 9.99. The van der Waals surface area contributed by atoms with Gasteiger partial charge < -0.3 is 18.8 Å². The third-order valence-corrected chi connectivity index (χ3v) is 10.1. The number of alkyl halides is 1. The molecule has 0 bridgehead atoms. The van der Waals surface area contributed by atoms with Crippen LogP contribution in [0.3, 0.4) is 0 Å². The second kappa shape index (κ2) is 14.9. The first-order valence-electron chi connectivity index (χ1n) is 15.1. The minimum atomic E-state index is -2.15. The van der Waals surface area contributed by atoms with E-state index in [1.807, 2.05) is 31.8 Å². The Kier molecular flexibility index (Phi) is 10.9. The van der Waals surface area contributed by atoms with Crippen LogP contribution in [0.25, 0.3) is 0 Å². The largest absolute Gasteiger partial charge is 0.489 e. The molecule has 0 saturated carbocycles. The summed E-state index contributed by atoms with van der Waals surface area (Å²) in [5.74, 6) is -0.645. The molecule has 2 aliphatic heterocycles. The van der Waals surface area contributed by atoms with Crippen molar-refractivity contribution in [1.82, 2.24) is 4.90 Å². The second-order valence-electron chi connectivity index (χ2n) is 12.3. The number of nitrogens with zero attached hydrogens (tertiary/aromatic N) is 4. The molecule has 5 rings (SSSR count). The van der Waals surface area contributed by atoms with Crippen molar-refractivity contribution in [3.8, 4) is 5.75 Å².